The summed E-state index contributed by atoms with van der Waals surface area (Å²) in [6.07, 6.45) is 6.37. The van der Waals surface area contributed by atoms with Crippen molar-refractivity contribution in [3.05, 3.63) is 44.9 Å². The maximum absolute atomic E-state index is 10.0. The molecule has 0 aliphatic carbocycles. The van der Waals surface area contributed by atoms with Crippen molar-refractivity contribution in [2.24, 2.45) is 12.0 Å². The van der Waals surface area contributed by atoms with Gasteiger partial charge in [-0.1, -0.05) is 32.6 Å². The Bertz CT molecular complexity index is 497. The topological polar surface area (TPSA) is 116 Å². The molecule has 1 aromatic heterocycles. The van der Waals surface area contributed by atoms with Crippen LogP contribution in [0.3, 0.4) is 0 Å². The number of halogens is 1. The third kappa shape index (κ3) is 6.03. The number of imidazole rings is 1. The molecule has 0 aromatic carbocycles. The van der Waals surface area contributed by atoms with E-state index in [0.717, 1.165) is 0 Å². The molecule has 1 aliphatic rings. The van der Waals surface area contributed by atoms with Crippen molar-refractivity contribution >= 4 is 34.4 Å². The molecule has 0 unspecified atom stereocenters. The van der Waals surface area contributed by atoms with Crippen LogP contribution >= 0.6 is 22.6 Å². The van der Waals surface area contributed by atoms with E-state index in [9.17, 15) is 20.2 Å². The predicted octanol–water partition coefficient (Wildman–Crippen LogP) is 1.96. The summed E-state index contributed by atoms with van der Waals surface area (Å²) in [5.74, 6) is -0.0972. The van der Waals surface area contributed by atoms with Crippen molar-refractivity contribution < 1.29 is 9.85 Å². The van der Waals surface area contributed by atoms with Gasteiger partial charge in [0.2, 0.25) is 0 Å². The second kappa shape index (κ2) is 9.13. The number of nitrogens with zero attached hydrogens (tertiary/aromatic N) is 5. The van der Waals surface area contributed by atoms with Crippen LogP contribution in [0.1, 0.15) is 6.42 Å². The van der Waals surface area contributed by atoms with Crippen LogP contribution in [-0.2, 0) is 7.05 Å². The monoisotopic (exact) mass is 381 g/mol. The molecule has 0 spiro atoms. The van der Waals surface area contributed by atoms with E-state index in [0.29, 0.717) is 6.42 Å². The molecule has 2 rings (SSSR count). The molecule has 0 saturated carbocycles. The first kappa shape index (κ1) is 17.2. The average Bonchev–Trinajstić information content (AvgIpc) is 3.02. The van der Waals surface area contributed by atoms with Gasteiger partial charge < -0.3 is 20.2 Å². The zero-order valence-corrected chi connectivity index (χ0v) is 12.4. The van der Waals surface area contributed by atoms with Crippen LogP contribution in [0.25, 0.3) is 0 Å². The van der Waals surface area contributed by atoms with Gasteiger partial charge in [0.1, 0.15) is 18.6 Å². The number of amidine groups is 1. The molecular weight excluding hydrogens is 369 g/mol. The summed E-state index contributed by atoms with van der Waals surface area (Å²) >= 11 is 2.15. The third-order valence-electron chi connectivity index (χ3n) is 1.80. The summed E-state index contributed by atoms with van der Waals surface area (Å²) in [7, 11) is 1.57. The number of nitro groups is 2. The van der Waals surface area contributed by atoms with Crippen LogP contribution in [0.15, 0.2) is 29.7 Å². The van der Waals surface area contributed by atoms with Crippen LogP contribution < -0.4 is 0 Å². The molecule has 9 nitrogen and oxygen atoms in total. The zero-order valence-electron chi connectivity index (χ0n) is 10.3. The Morgan fingerprint density at radius 1 is 1.32 bits per heavy atom. The van der Waals surface area contributed by atoms with Gasteiger partial charge in [-0.3, -0.25) is 0 Å². The molecule has 1 aliphatic heterocycles. The summed E-state index contributed by atoms with van der Waals surface area (Å²) in [5.41, 5.74) is 0. The molecule has 0 fully saturated rings. The fraction of sp³-hybridized carbons (Fsp3) is 0.333. The largest absolute Gasteiger partial charge is 0.434 e. The van der Waals surface area contributed by atoms with Crippen molar-refractivity contribution in [1.82, 2.24) is 9.55 Å². The lowest BCUT2D eigenvalue weighted by Crippen LogP contribution is -2.07. The third-order valence-corrected chi connectivity index (χ3v) is 1.80. The van der Waals surface area contributed by atoms with Gasteiger partial charge in [-0.05, 0) is 20.9 Å². The first-order valence-corrected chi connectivity index (χ1v) is 7.03. The quantitative estimate of drug-likeness (QED) is 0.319. The van der Waals surface area contributed by atoms with Crippen LogP contribution in [0.5, 0.6) is 0 Å². The van der Waals surface area contributed by atoms with Crippen LogP contribution in [0, 0.1) is 20.2 Å². The van der Waals surface area contributed by atoms with E-state index in [1.807, 2.05) is 4.93 Å². The molecule has 0 saturated heterocycles. The maximum Gasteiger partial charge on any atom is 0.434 e. The highest BCUT2D eigenvalue weighted by Gasteiger charge is 2.11. The standard InChI is InChI=1S/C4H5N3O2.C4H4N2O2.CH3I/c1-6-3-2-5-4(6)7(8)9;7-6(8)4-2-1-3-5-4;1-2/h2-3H,1H3;1,3H,2H2;1H3. The van der Waals surface area contributed by atoms with Gasteiger partial charge in [0.25, 0.3) is 0 Å². The van der Waals surface area contributed by atoms with Crippen LogP contribution in [0.2, 0.25) is 0 Å². The van der Waals surface area contributed by atoms with E-state index < -0.39 is 9.85 Å². The molecule has 1 aromatic rings. The summed E-state index contributed by atoms with van der Waals surface area (Å²) in [5, 5.41) is 19.8. The van der Waals surface area contributed by atoms with E-state index >= 15 is 0 Å². The molecule has 0 bridgehead atoms. The summed E-state index contributed by atoms with van der Waals surface area (Å²) < 4.78 is 1.35. The SMILES string of the molecule is CI.Cn1ccnc1[N+](=O)[O-].O=[N+]([O-])C1=NC=CC1. The van der Waals surface area contributed by atoms with Gasteiger partial charge in [0.15, 0.2) is 0 Å². The number of rotatable bonds is 1. The summed E-state index contributed by atoms with van der Waals surface area (Å²) in [6.45, 7) is 0. The Balaban J connectivity index is 0.000000303. The lowest BCUT2D eigenvalue weighted by Gasteiger charge is -1.90. The number of alkyl halides is 1. The van der Waals surface area contributed by atoms with Crippen LogP contribution in [-0.4, -0.2) is 30.2 Å². The van der Waals surface area contributed by atoms with Gasteiger partial charge in [0, 0.05) is 0 Å². The Morgan fingerprint density at radius 2 is 1.95 bits per heavy atom. The summed E-state index contributed by atoms with van der Waals surface area (Å²) in [4.78, 5) is 27.8. The minimum Gasteiger partial charge on any atom is -0.390 e. The fourth-order valence-corrected chi connectivity index (χ4v) is 1.00. The van der Waals surface area contributed by atoms with E-state index in [1.165, 1.54) is 23.2 Å². The molecule has 0 atom stereocenters. The number of aromatic nitrogens is 2. The van der Waals surface area contributed by atoms with Gasteiger partial charge in [-0.2, -0.15) is 0 Å². The number of hydrogen-bond donors (Lipinski definition) is 0. The molecule has 2 heterocycles. The minimum absolute atomic E-state index is 0.0324. The normalized spacial score (nSPS) is 11.6. The van der Waals surface area contributed by atoms with Gasteiger partial charge in [0.05, 0.1) is 13.5 Å². The highest BCUT2D eigenvalue weighted by atomic mass is 127. The van der Waals surface area contributed by atoms with E-state index in [4.69, 9.17) is 0 Å². The fourth-order valence-electron chi connectivity index (χ4n) is 1.00. The summed E-state index contributed by atoms with van der Waals surface area (Å²) in [6, 6.07) is 0. The van der Waals surface area contributed by atoms with Crippen molar-refractivity contribution in [2.75, 3.05) is 4.93 Å². The van der Waals surface area contributed by atoms with E-state index in [1.54, 1.807) is 13.1 Å². The maximum atomic E-state index is 10.0. The number of hydrogen-bond acceptors (Lipinski definition) is 6. The highest BCUT2D eigenvalue weighted by molar-refractivity contribution is 14.1. The van der Waals surface area contributed by atoms with Gasteiger partial charge in [-0.25, -0.2) is 4.57 Å². The first-order chi connectivity index (χ1) is 9.02. The lowest BCUT2D eigenvalue weighted by atomic mass is 10.4. The second-order valence-electron chi connectivity index (χ2n) is 2.99. The zero-order chi connectivity index (χ0) is 14.8. The molecule has 10 heteroatoms. The van der Waals surface area contributed by atoms with Crippen LogP contribution in [0.4, 0.5) is 5.95 Å². The molecule has 104 valence electrons. The molecular formula is C9H12IN5O4. The Kier molecular flexibility index (Phi) is 8.24. The van der Waals surface area contributed by atoms with Crippen molar-refractivity contribution in [1.29, 1.82) is 0 Å². The number of aliphatic imine (C=N–C) groups is 1. The molecule has 0 radical (unpaired) electrons. The highest BCUT2D eigenvalue weighted by Crippen LogP contribution is 2.02. The van der Waals surface area contributed by atoms with E-state index in [-0.39, 0.29) is 11.8 Å². The smallest absolute Gasteiger partial charge is 0.390 e. The number of aryl methyl sites for hydroxylation is 1. The van der Waals surface area contributed by atoms with Crippen molar-refractivity contribution in [3.8, 4) is 0 Å². The van der Waals surface area contributed by atoms with E-state index in [2.05, 4.69) is 32.6 Å². The first-order valence-electron chi connectivity index (χ1n) is 4.88. The second-order valence-corrected chi connectivity index (χ2v) is 2.99. The predicted molar refractivity (Wildman–Crippen MR) is 78.0 cm³/mol. The Morgan fingerprint density at radius 3 is 2.16 bits per heavy atom. The lowest BCUT2D eigenvalue weighted by molar-refractivity contribution is -0.396. The van der Waals surface area contributed by atoms with Gasteiger partial charge >= 0.3 is 11.8 Å². The molecule has 19 heavy (non-hydrogen) atoms. The van der Waals surface area contributed by atoms with Crippen molar-refractivity contribution in [2.45, 2.75) is 6.42 Å². The minimum atomic E-state index is -0.528. The molecule has 0 N–H and O–H groups in total. The Labute approximate surface area is 122 Å². The van der Waals surface area contributed by atoms with Gasteiger partial charge in [-0.15, -0.1) is 0 Å². The average molecular weight is 381 g/mol. The molecule has 0 amide bonds. The Hall–Kier alpha value is -1.85. The van der Waals surface area contributed by atoms with Crippen molar-refractivity contribution in [3.63, 3.8) is 0 Å².